The number of hydrogen-bond donors (Lipinski definition) is 0. The first-order chi connectivity index (χ1) is 14.1. The Bertz CT molecular complexity index is 1130. The Balaban J connectivity index is 1.55. The van der Waals surface area contributed by atoms with Crippen LogP contribution in [0.5, 0.6) is 0 Å². The van der Waals surface area contributed by atoms with Gasteiger partial charge in [0.25, 0.3) is 5.91 Å². The zero-order valence-electron chi connectivity index (χ0n) is 16.2. The van der Waals surface area contributed by atoms with E-state index in [-0.39, 0.29) is 5.91 Å². The van der Waals surface area contributed by atoms with E-state index >= 15 is 0 Å². The third-order valence-corrected chi connectivity index (χ3v) is 7.07. The smallest absolute Gasteiger partial charge is 0.278 e. The molecule has 2 aliphatic rings. The van der Waals surface area contributed by atoms with Crippen LogP contribution in [0, 0.1) is 6.92 Å². The molecule has 2 aliphatic heterocycles. The molecule has 1 saturated heterocycles. The van der Waals surface area contributed by atoms with Crippen LogP contribution in [-0.2, 0) is 4.79 Å². The number of aryl methyl sites for hydroxylation is 1. The molecule has 0 atom stereocenters. The highest BCUT2D eigenvalue weighted by atomic mass is 79.9. The molecule has 0 spiro atoms. The van der Waals surface area contributed by atoms with Gasteiger partial charge in [-0.05, 0) is 62.7 Å². The van der Waals surface area contributed by atoms with Crippen molar-refractivity contribution < 1.29 is 4.79 Å². The molecule has 0 bridgehead atoms. The maximum atomic E-state index is 13.4. The van der Waals surface area contributed by atoms with Gasteiger partial charge in [0.2, 0.25) is 5.13 Å². The minimum absolute atomic E-state index is 0.0482. The number of piperidine rings is 1. The van der Waals surface area contributed by atoms with Gasteiger partial charge in [0.1, 0.15) is 5.71 Å². The van der Waals surface area contributed by atoms with Gasteiger partial charge in [0, 0.05) is 10.0 Å². The number of rotatable bonds is 3. The van der Waals surface area contributed by atoms with E-state index in [1.54, 1.807) is 0 Å². The van der Waals surface area contributed by atoms with Gasteiger partial charge in [-0.2, -0.15) is 0 Å². The third kappa shape index (κ3) is 3.52. The first-order valence-corrected chi connectivity index (χ1v) is 11.5. The number of anilines is 1. The Hall–Kier alpha value is -2.09. The summed E-state index contributed by atoms with van der Waals surface area (Å²) in [5.41, 5.74) is 4.37. The molecule has 1 amide bonds. The van der Waals surface area contributed by atoms with Crippen LogP contribution in [0.2, 0.25) is 0 Å². The zero-order chi connectivity index (χ0) is 20.0. The van der Waals surface area contributed by atoms with Crippen LogP contribution in [0.4, 0.5) is 10.8 Å². The monoisotopic (exact) mass is 468 g/mol. The number of nitrogens with zero attached hydrogens (tertiary/aromatic N) is 4. The normalized spacial score (nSPS) is 18.8. The predicted octanol–water partition coefficient (Wildman–Crippen LogP) is 5.28. The molecule has 0 radical (unpaired) electrons. The van der Waals surface area contributed by atoms with Crippen molar-refractivity contribution in [3.63, 3.8) is 0 Å². The van der Waals surface area contributed by atoms with Crippen molar-refractivity contribution in [2.75, 3.05) is 24.7 Å². The van der Waals surface area contributed by atoms with Gasteiger partial charge in [0.15, 0.2) is 0 Å². The summed E-state index contributed by atoms with van der Waals surface area (Å²) >= 11 is 5.16. The van der Waals surface area contributed by atoms with Crippen molar-refractivity contribution in [2.24, 2.45) is 4.99 Å². The van der Waals surface area contributed by atoms with Crippen LogP contribution < -0.4 is 4.90 Å². The van der Waals surface area contributed by atoms with Gasteiger partial charge in [-0.1, -0.05) is 45.8 Å². The summed E-state index contributed by atoms with van der Waals surface area (Å²) in [5, 5.41) is 0.621. The second-order valence-electron chi connectivity index (χ2n) is 7.62. The molecule has 0 N–H and O–H groups in total. The number of thiazole rings is 1. The van der Waals surface area contributed by atoms with E-state index in [0.717, 1.165) is 39.0 Å². The Morgan fingerprint density at radius 1 is 1.17 bits per heavy atom. The Morgan fingerprint density at radius 2 is 2.00 bits per heavy atom. The molecular formula is C22H21BrN4OS. The van der Waals surface area contributed by atoms with Crippen molar-refractivity contribution in [2.45, 2.75) is 26.2 Å². The molecule has 0 saturated carbocycles. The van der Waals surface area contributed by atoms with Gasteiger partial charge in [0.05, 0.1) is 22.6 Å². The number of aliphatic imine (C=N–C) groups is 1. The van der Waals surface area contributed by atoms with E-state index in [2.05, 4.69) is 38.8 Å². The molecule has 1 aromatic heterocycles. The van der Waals surface area contributed by atoms with E-state index < -0.39 is 0 Å². The van der Waals surface area contributed by atoms with Gasteiger partial charge in [-0.3, -0.25) is 14.6 Å². The lowest BCUT2D eigenvalue weighted by Gasteiger charge is -2.30. The largest absolute Gasteiger partial charge is 0.293 e. The van der Waals surface area contributed by atoms with Gasteiger partial charge >= 0.3 is 0 Å². The second kappa shape index (κ2) is 7.63. The molecule has 29 heavy (non-hydrogen) atoms. The Morgan fingerprint density at radius 3 is 2.83 bits per heavy atom. The van der Waals surface area contributed by atoms with Crippen molar-refractivity contribution in [3.8, 4) is 0 Å². The number of fused-ring (bicyclic) bond motifs is 2. The maximum Gasteiger partial charge on any atom is 0.278 e. The highest BCUT2D eigenvalue weighted by Crippen LogP contribution is 2.37. The number of amides is 1. The van der Waals surface area contributed by atoms with Crippen LogP contribution >= 0.6 is 27.3 Å². The topological polar surface area (TPSA) is 48.8 Å². The predicted molar refractivity (Wildman–Crippen MR) is 122 cm³/mol. The lowest BCUT2D eigenvalue weighted by Crippen LogP contribution is -2.43. The summed E-state index contributed by atoms with van der Waals surface area (Å²) < 4.78 is 1.98. The lowest BCUT2D eigenvalue weighted by molar-refractivity contribution is -0.112. The lowest BCUT2D eigenvalue weighted by atomic mass is 10.1. The third-order valence-electron chi connectivity index (χ3n) is 5.50. The van der Waals surface area contributed by atoms with Crippen molar-refractivity contribution in [3.05, 3.63) is 52.0 Å². The van der Waals surface area contributed by atoms with Crippen LogP contribution in [0.3, 0.4) is 0 Å². The fourth-order valence-corrected chi connectivity index (χ4v) is 5.51. The number of carbonyl (C=O) groups excluding carboxylic acids is 1. The number of hydrogen-bond acceptors (Lipinski definition) is 5. The Labute approximate surface area is 182 Å². The number of halogens is 1. The molecule has 1 fully saturated rings. The average Bonchev–Trinajstić information content (AvgIpc) is 3.23. The van der Waals surface area contributed by atoms with E-state index in [4.69, 9.17) is 4.99 Å². The summed E-state index contributed by atoms with van der Waals surface area (Å²) in [6.45, 7) is 4.75. The first kappa shape index (κ1) is 18.9. The van der Waals surface area contributed by atoms with Gasteiger partial charge in [-0.25, -0.2) is 9.98 Å². The highest BCUT2D eigenvalue weighted by Gasteiger charge is 2.36. The van der Waals surface area contributed by atoms with E-state index in [1.165, 1.54) is 36.2 Å². The highest BCUT2D eigenvalue weighted by molar-refractivity contribution is 9.10. The molecule has 3 heterocycles. The Kier molecular flexibility index (Phi) is 4.97. The molecule has 5 rings (SSSR count). The SMILES string of the molecule is Cc1ccc2nc(/N=C3\C(=O)N(CN4CCCCC4)c4cccc(Br)c43)sc2c1. The number of aromatic nitrogens is 1. The van der Waals surface area contributed by atoms with Crippen LogP contribution in [0.15, 0.2) is 45.9 Å². The molecule has 7 heteroatoms. The number of benzene rings is 2. The summed E-state index contributed by atoms with van der Waals surface area (Å²) in [6.07, 6.45) is 3.66. The fraction of sp³-hybridized carbons (Fsp3) is 0.318. The van der Waals surface area contributed by atoms with Crippen LogP contribution in [-0.4, -0.2) is 41.3 Å². The van der Waals surface area contributed by atoms with Gasteiger partial charge < -0.3 is 0 Å². The summed E-state index contributed by atoms with van der Waals surface area (Å²) in [7, 11) is 0. The molecule has 0 aliphatic carbocycles. The van der Waals surface area contributed by atoms with E-state index in [9.17, 15) is 4.79 Å². The van der Waals surface area contributed by atoms with E-state index in [0.29, 0.717) is 17.5 Å². The quantitative estimate of drug-likeness (QED) is 0.525. The van der Waals surface area contributed by atoms with Gasteiger partial charge in [-0.15, -0.1) is 0 Å². The minimum atomic E-state index is -0.0482. The number of likely N-dealkylation sites (tertiary alicyclic amines) is 1. The summed E-state index contributed by atoms with van der Waals surface area (Å²) in [5.74, 6) is -0.0482. The zero-order valence-corrected chi connectivity index (χ0v) is 18.6. The molecule has 3 aromatic rings. The van der Waals surface area contributed by atoms with E-state index in [1.807, 2.05) is 35.2 Å². The number of carbonyl (C=O) groups is 1. The van der Waals surface area contributed by atoms with Crippen LogP contribution in [0.1, 0.15) is 30.4 Å². The van der Waals surface area contributed by atoms with Crippen molar-refractivity contribution in [1.29, 1.82) is 0 Å². The average molecular weight is 469 g/mol. The molecule has 5 nitrogen and oxygen atoms in total. The minimum Gasteiger partial charge on any atom is -0.293 e. The summed E-state index contributed by atoms with van der Waals surface area (Å²) in [6, 6.07) is 12.1. The first-order valence-electron chi connectivity index (χ1n) is 9.89. The standard InChI is InChI=1S/C22H21BrN4OS/c1-14-8-9-16-18(12-14)29-22(24-16)25-20-19-15(23)6-5-7-17(19)27(21(20)28)13-26-10-3-2-4-11-26/h5-9,12H,2-4,10-11,13H2,1H3/b25-20-. The fourth-order valence-electron chi connectivity index (χ4n) is 4.02. The molecular weight excluding hydrogens is 448 g/mol. The van der Waals surface area contributed by atoms with Crippen molar-refractivity contribution >= 4 is 59.9 Å². The molecule has 2 aromatic carbocycles. The van der Waals surface area contributed by atoms with Crippen LogP contribution in [0.25, 0.3) is 10.2 Å². The molecule has 148 valence electrons. The van der Waals surface area contributed by atoms with Crippen molar-refractivity contribution in [1.82, 2.24) is 9.88 Å². The summed E-state index contributed by atoms with van der Waals surface area (Å²) in [4.78, 5) is 27.0. The molecule has 0 unspecified atom stereocenters. The maximum absolute atomic E-state index is 13.4. The second-order valence-corrected chi connectivity index (χ2v) is 9.48.